The predicted molar refractivity (Wildman–Crippen MR) is 79.6 cm³/mol. The van der Waals surface area contributed by atoms with Crippen molar-refractivity contribution in [2.24, 2.45) is 0 Å². The molecule has 0 bridgehead atoms. The van der Waals surface area contributed by atoms with E-state index < -0.39 is 0 Å². The fourth-order valence-corrected chi connectivity index (χ4v) is 1.61. The molecule has 1 N–H and O–H groups in total. The third-order valence-electron chi connectivity index (χ3n) is 2.62. The van der Waals surface area contributed by atoms with E-state index >= 15 is 0 Å². The number of hydrogen-bond acceptors (Lipinski definition) is 3. The standard InChI is InChI=1S/C16H27NO2/c1-5-10-18-11-12-19-15-9-7-6-8-14(15)13-17-16(2,3)4/h6-9,17H,5,10-13H2,1-4H3. The van der Waals surface area contributed by atoms with Gasteiger partial charge in [0.15, 0.2) is 0 Å². The van der Waals surface area contributed by atoms with Crippen LogP contribution < -0.4 is 10.1 Å². The topological polar surface area (TPSA) is 30.5 Å². The van der Waals surface area contributed by atoms with Crippen LogP contribution in [-0.2, 0) is 11.3 Å². The molecule has 19 heavy (non-hydrogen) atoms. The molecule has 0 fully saturated rings. The van der Waals surface area contributed by atoms with Gasteiger partial charge >= 0.3 is 0 Å². The highest BCUT2D eigenvalue weighted by molar-refractivity contribution is 5.33. The molecule has 0 saturated heterocycles. The Hall–Kier alpha value is -1.06. The predicted octanol–water partition coefficient (Wildman–Crippen LogP) is 3.38. The summed E-state index contributed by atoms with van der Waals surface area (Å²) >= 11 is 0. The Labute approximate surface area is 117 Å². The van der Waals surface area contributed by atoms with Gasteiger partial charge in [0.25, 0.3) is 0 Å². The van der Waals surface area contributed by atoms with Crippen LogP contribution in [0.5, 0.6) is 5.75 Å². The first-order valence-electron chi connectivity index (χ1n) is 7.06. The second kappa shape index (κ2) is 8.18. The lowest BCUT2D eigenvalue weighted by Crippen LogP contribution is -2.35. The number of ether oxygens (including phenoxy) is 2. The molecule has 1 aromatic rings. The number of rotatable bonds is 8. The van der Waals surface area contributed by atoms with Crippen LogP contribution in [-0.4, -0.2) is 25.4 Å². The van der Waals surface area contributed by atoms with E-state index in [0.29, 0.717) is 13.2 Å². The summed E-state index contributed by atoms with van der Waals surface area (Å²) in [7, 11) is 0. The molecular weight excluding hydrogens is 238 g/mol. The average molecular weight is 265 g/mol. The molecule has 1 aromatic carbocycles. The zero-order chi connectivity index (χ0) is 14.1. The monoisotopic (exact) mass is 265 g/mol. The molecule has 0 aliphatic heterocycles. The van der Waals surface area contributed by atoms with Crippen LogP contribution in [0.25, 0.3) is 0 Å². The molecule has 0 atom stereocenters. The lowest BCUT2D eigenvalue weighted by atomic mass is 10.1. The van der Waals surface area contributed by atoms with E-state index in [4.69, 9.17) is 9.47 Å². The SMILES string of the molecule is CCCOCCOc1ccccc1CNC(C)(C)C. The average Bonchev–Trinajstić information content (AvgIpc) is 2.36. The summed E-state index contributed by atoms with van der Waals surface area (Å²) in [6.45, 7) is 11.5. The molecule has 0 spiro atoms. The maximum atomic E-state index is 5.78. The highest BCUT2D eigenvalue weighted by Gasteiger charge is 2.10. The van der Waals surface area contributed by atoms with E-state index in [2.05, 4.69) is 39.1 Å². The Balaban J connectivity index is 2.44. The van der Waals surface area contributed by atoms with Gasteiger partial charge in [-0.15, -0.1) is 0 Å². The molecular formula is C16H27NO2. The minimum atomic E-state index is 0.108. The molecule has 3 nitrogen and oxygen atoms in total. The van der Waals surface area contributed by atoms with Gasteiger partial charge in [0, 0.05) is 24.3 Å². The van der Waals surface area contributed by atoms with E-state index in [1.54, 1.807) is 0 Å². The van der Waals surface area contributed by atoms with Crippen molar-refractivity contribution in [3.05, 3.63) is 29.8 Å². The van der Waals surface area contributed by atoms with Crippen molar-refractivity contribution in [2.75, 3.05) is 19.8 Å². The second-order valence-corrected chi connectivity index (χ2v) is 5.67. The van der Waals surface area contributed by atoms with E-state index in [9.17, 15) is 0 Å². The Bertz CT molecular complexity index is 358. The Morgan fingerprint density at radius 3 is 2.47 bits per heavy atom. The van der Waals surface area contributed by atoms with E-state index in [0.717, 1.165) is 25.3 Å². The Morgan fingerprint density at radius 1 is 1.05 bits per heavy atom. The van der Waals surface area contributed by atoms with Crippen molar-refractivity contribution in [2.45, 2.75) is 46.2 Å². The minimum absolute atomic E-state index is 0.108. The summed E-state index contributed by atoms with van der Waals surface area (Å²) in [5.74, 6) is 0.944. The molecule has 3 heteroatoms. The van der Waals surface area contributed by atoms with Gasteiger partial charge in [-0.2, -0.15) is 0 Å². The van der Waals surface area contributed by atoms with Gasteiger partial charge in [-0.3, -0.25) is 0 Å². The first-order valence-corrected chi connectivity index (χ1v) is 7.06. The molecule has 108 valence electrons. The molecule has 1 rings (SSSR count). The van der Waals surface area contributed by atoms with Crippen LogP contribution in [0.4, 0.5) is 0 Å². The molecule has 0 heterocycles. The smallest absolute Gasteiger partial charge is 0.123 e. The third-order valence-corrected chi connectivity index (χ3v) is 2.62. The van der Waals surface area contributed by atoms with Gasteiger partial charge in [-0.1, -0.05) is 25.1 Å². The van der Waals surface area contributed by atoms with Crippen LogP contribution in [0.2, 0.25) is 0 Å². The molecule has 0 aliphatic rings. The van der Waals surface area contributed by atoms with Crippen LogP contribution in [0.3, 0.4) is 0 Å². The van der Waals surface area contributed by atoms with Crippen LogP contribution >= 0.6 is 0 Å². The normalized spacial score (nSPS) is 11.6. The van der Waals surface area contributed by atoms with Crippen LogP contribution in [0.1, 0.15) is 39.7 Å². The van der Waals surface area contributed by atoms with Gasteiger partial charge in [-0.05, 0) is 33.3 Å². The molecule has 0 saturated carbocycles. The third kappa shape index (κ3) is 7.19. The molecule has 0 amide bonds. The van der Waals surface area contributed by atoms with Crippen LogP contribution in [0, 0.1) is 0 Å². The van der Waals surface area contributed by atoms with Gasteiger partial charge < -0.3 is 14.8 Å². The van der Waals surface area contributed by atoms with Gasteiger partial charge in [0.05, 0.1) is 6.61 Å². The maximum absolute atomic E-state index is 5.78. The largest absolute Gasteiger partial charge is 0.491 e. The Kier molecular flexibility index (Phi) is 6.89. The molecule has 0 radical (unpaired) electrons. The van der Waals surface area contributed by atoms with Crippen molar-refractivity contribution in [3.8, 4) is 5.75 Å². The number of nitrogens with one attached hydrogen (secondary N) is 1. The zero-order valence-corrected chi connectivity index (χ0v) is 12.7. The second-order valence-electron chi connectivity index (χ2n) is 5.67. The zero-order valence-electron chi connectivity index (χ0n) is 12.7. The fraction of sp³-hybridized carbons (Fsp3) is 0.625. The highest BCUT2D eigenvalue weighted by atomic mass is 16.5. The lowest BCUT2D eigenvalue weighted by molar-refractivity contribution is 0.100. The number of benzene rings is 1. The van der Waals surface area contributed by atoms with Crippen molar-refractivity contribution >= 4 is 0 Å². The summed E-state index contributed by atoms with van der Waals surface area (Å²) in [6, 6.07) is 8.16. The van der Waals surface area contributed by atoms with E-state index in [-0.39, 0.29) is 5.54 Å². The van der Waals surface area contributed by atoms with Crippen molar-refractivity contribution in [1.82, 2.24) is 5.32 Å². The van der Waals surface area contributed by atoms with Crippen molar-refractivity contribution in [1.29, 1.82) is 0 Å². The van der Waals surface area contributed by atoms with Crippen molar-refractivity contribution in [3.63, 3.8) is 0 Å². The first kappa shape index (κ1) is 16.0. The van der Waals surface area contributed by atoms with Crippen LogP contribution in [0.15, 0.2) is 24.3 Å². The highest BCUT2D eigenvalue weighted by Crippen LogP contribution is 2.18. The molecule has 0 unspecified atom stereocenters. The molecule has 0 aromatic heterocycles. The molecule has 0 aliphatic carbocycles. The van der Waals surface area contributed by atoms with E-state index in [1.807, 2.05) is 18.2 Å². The van der Waals surface area contributed by atoms with Crippen molar-refractivity contribution < 1.29 is 9.47 Å². The number of hydrogen-bond donors (Lipinski definition) is 1. The fourth-order valence-electron chi connectivity index (χ4n) is 1.61. The van der Waals surface area contributed by atoms with Gasteiger partial charge in [-0.25, -0.2) is 0 Å². The van der Waals surface area contributed by atoms with Gasteiger partial charge in [0.2, 0.25) is 0 Å². The minimum Gasteiger partial charge on any atom is -0.491 e. The van der Waals surface area contributed by atoms with Gasteiger partial charge in [0.1, 0.15) is 12.4 Å². The number of para-hydroxylation sites is 1. The first-order chi connectivity index (χ1) is 9.03. The Morgan fingerprint density at radius 2 is 1.79 bits per heavy atom. The summed E-state index contributed by atoms with van der Waals surface area (Å²) in [5, 5.41) is 3.48. The quantitative estimate of drug-likeness (QED) is 0.731. The van der Waals surface area contributed by atoms with E-state index in [1.165, 1.54) is 5.56 Å². The summed E-state index contributed by atoms with van der Waals surface area (Å²) in [4.78, 5) is 0. The summed E-state index contributed by atoms with van der Waals surface area (Å²) < 4.78 is 11.2. The summed E-state index contributed by atoms with van der Waals surface area (Å²) in [6.07, 6.45) is 1.05. The summed E-state index contributed by atoms with van der Waals surface area (Å²) in [5.41, 5.74) is 1.30. The lowest BCUT2D eigenvalue weighted by Gasteiger charge is -2.21. The maximum Gasteiger partial charge on any atom is 0.123 e.